The van der Waals surface area contributed by atoms with Gasteiger partial charge in [-0.3, -0.25) is 4.79 Å². The molecule has 0 spiro atoms. The van der Waals surface area contributed by atoms with E-state index >= 15 is 0 Å². The molecule has 1 heterocycles. The average Bonchev–Trinajstić information content (AvgIpc) is 2.51. The molecule has 0 atom stereocenters. The number of benzene rings is 1. The Balaban J connectivity index is 2.27. The van der Waals surface area contributed by atoms with E-state index in [1.54, 1.807) is 19.1 Å². The molecular formula is C18H23FN2O2. The van der Waals surface area contributed by atoms with Gasteiger partial charge in [0.1, 0.15) is 18.2 Å². The van der Waals surface area contributed by atoms with Crippen LogP contribution in [0.4, 0.5) is 4.39 Å². The number of carbonyl (C=O) groups excluding carboxylic acids is 1. The highest BCUT2D eigenvalue weighted by Gasteiger charge is 2.20. The number of halogens is 1. The van der Waals surface area contributed by atoms with Crippen LogP contribution in [0, 0.1) is 18.7 Å². The molecule has 23 heavy (non-hydrogen) atoms. The number of ether oxygens (including phenoxy) is 1. The van der Waals surface area contributed by atoms with Crippen LogP contribution in [0.25, 0.3) is 5.70 Å². The number of carbonyl (C=O) groups is 1. The van der Waals surface area contributed by atoms with Gasteiger partial charge in [-0.25, -0.2) is 9.38 Å². The van der Waals surface area contributed by atoms with E-state index in [1.165, 1.54) is 13.2 Å². The smallest absolute Gasteiger partial charge is 0.325 e. The molecule has 4 nitrogen and oxygen atoms in total. The predicted molar refractivity (Wildman–Crippen MR) is 89.6 cm³/mol. The van der Waals surface area contributed by atoms with Gasteiger partial charge in [0.05, 0.1) is 12.8 Å². The van der Waals surface area contributed by atoms with E-state index in [1.807, 2.05) is 11.0 Å². The summed E-state index contributed by atoms with van der Waals surface area (Å²) in [6.45, 7) is 6.74. The van der Waals surface area contributed by atoms with E-state index in [4.69, 9.17) is 9.73 Å². The summed E-state index contributed by atoms with van der Waals surface area (Å²) in [6, 6.07) is 5.00. The Morgan fingerprint density at radius 3 is 2.78 bits per heavy atom. The molecule has 0 fully saturated rings. The summed E-state index contributed by atoms with van der Waals surface area (Å²) in [5, 5.41) is 0. The van der Waals surface area contributed by atoms with Gasteiger partial charge in [-0.1, -0.05) is 13.8 Å². The van der Waals surface area contributed by atoms with Crippen LogP contribution in [0.1, 0.15) is 31.4 Å². The van der Waals surface area contributed by atoms with Gasteiger partial charge < -0.3 is 9.64 Å². The lowest BCUT2D eigenvalue weighted by Crippen LogP contribution is -2.38. The lowest BCUT2D eigenvalue weighted by Gasteiger charge is -2.28. The van der Waals surface area contributed by atoms with Crippen molar-refractivity contribution >= 4 is 17.5 Å². The van der Waals surface area contributed by atoms with Crippen LogP contribution in [0.5, 0.6) is 0 Å². The minimum absolute atomic E-state index is 0.189. The lowest BCUT2D eigenvalue weighted by molar-refractivity contribution is -0.140. The molecule has 0 N–H and O–H groups in total. The van der Waals surface area contributed by atoms with E-state index < -0.39 is 0 Å². The molecule has 0 aliphatic carbocycles. The Morgan fingerprint density at radius 1 is 1.43 bits per heavy atom. The van der Waals surface area contributed by atoms with E-state index in [0.29, 0.717) is 18.0 Å². The van der Waals surface area contributed by atoms with Gasteiger partial charge in [0.15, 0.2) is 0 Å². The number of hydrogen-bond acceptors (Lipinski definition) is 4. The van der Waals surface area contributed by atoms with Crippen LogP contribution in [0.2, 0.25) is 0 Å². The molecule has 0 aromatic heterocycles. The Bertz CT molecular complexity index is 650. The van der Waals surface area contributed by atoms with Crippen molar-refractivity contribution in [2.75, 3.05) is 20.2 Å². The number of nitrogens with zero attached hydrogens (tertiary/aromatic N) is 2. The van der Waals surface area contributed by atoms with Crippen molar-refractivity contribution in [1.82, 2.24) is 4.90 Å². The summed E-state index contributed by atoms with van der Waals surface area (Å²) < 4.78 is 18.2. The van der Waals surface area contributed by atoms with E-state index in [2.05, 4.69) is 13.8 Å². The summed E-state index contributed by atoms with van der Waals surface area (Å²) >= 11 is 0. The maximum absolute atomic E-state index is 13.4. The number of rotatable bonds is 5. The molecule has 1 aliphatic rings. The zero-order chi connectivity index (χ0) is 17.0. The van der Waals surface area contributed by atoms with Crippen LogP contribution in [-0.2, 0) is 9.53 Å². The van der Waals surface area contributed by atoms with Gasteiger partial charge in [0.25, 0.3) is 0 Å². The van der Waals surface area contributed by atoms with Crippen molar-refractivity contribution in [3.8, 4) is 0 Å². The highest BCUT2D eigenvalue weighted by atomic mass is 19.1. The van der Waals surface area contributed by atoms with Crippen molar-refractivity contribution in [3.05, 3.63) is 41.2 Å². The third-order valence-electron chi connectivity index (χ3n) is 3.71. The van der Waals surface area contributed by atoms with E-state index in [9.17, 15) is 9.18 Å². The molecule has 1 aliphatic heterocycles. The second-order valence-electron chi connectivity index (χ2n) is 6.14. The molecule has 2 rings (SSSR count). The van der Waals surface area contributed by atoms with Gasteiger partial charge in [0.2, 0.25) is 0 Å². The third kappa shape index (κ3) is 4.41. The SMILES string of the molecule is COC(=O)CN1CC=C(c2ccc(F)c(C)c2)N=C1CC(C)C. The van der Waals surface area contributed by atoms with Gasteiger partial charge in [0, 0.05) is 18.5 Å². The fraction of sp³-hybridized carbons (Fsp3) is 0.444. The number of aliphatic imine (C=N–C) groups is 1. The molecule has 0 amide bonds. The molecule has 0 saturated heterocycles. The number of aryl methyl sites for hydroxylation is 1. The maximum atomic E-state index is 13.4. The first-order valence-electron chi connectivity index (χ1n) is 7.76. The van der Waals surface area contributed by atoms with E-state index in [0.717, 1.165) is 23.5 Å². The maximum Gasteiger partial charge on any atom is 0.325 e. The highest BCUT2D eigenvalue weighted by molar-refractivity contribution is 5.92. The van der Waals surface area contributed by atoms with Gasteiger partial charge in [-0.2, -0.15) is 0 Å². The average molecular weight is 318 g/mol. The third-order valence-corrected chi connectivity index (χ3v) is 3.71. The summed E-state index contributed by atoms with van der Waals surface area (Å²) in [4.78, 5) is 18.2. The highest BCUT2D eigenvalue weighted by Crippen LogP contribution is 2.24. The number of hydrogen-bond donors (Lipinski definition) is 0. The Labute approximate surface area is 136 Å². The van der Waals surface area contributed by atoms with Crippen LogP contribution in [-0.4, -0.2) is 36.9 Å². The van der Waals surface area contributed by atoms with Crippen molar-refractivity contribution in [2.45, 2.75) is 27.2 Å². The van der Waals surface area contributed by atoms with Crippen LogP contribution in [0.3, 0.4) is 0 Å². The first-order chi connectivity index (χ1) is 10.9. The van der Waals surface area contributed by atoms with Gasteiger partial charge >= 0.3 is 5.97 Å². The molecule has 124 valence electrons. The Kier molecular flexibility index (Phi) is 5.53. The first-order valence-corrected chi connectivity index (χ1v) is 7.76. The molecule has 0 bridgehead atoms. The normalized spacial score (nSPS) is 14.6. The van der Waals surface area contributed by atoms with Crippen molar-refractivity contribution in [2.24, 2.45) is 10.9 Å². The fourth-order valence-electron chi connectivity index (χ4n) is 2.46. The molecule has 0 radical (unpaired) electrons. The Hall–Kier alpha value is -2.17. The topological polar surface area (TPSA) is 41.9 Å². The first kappa shape index (κ1) is 17.2. The van der Waals surface area contributed by atoms with Crippen molar-refractivity contribution in [1.29, 1.82) is 0 Å². The number of methoxy groups -OCH3 is 1. The summed E-state index contributed by atoms with van der Waals surface area (Å²) in [7, 11) is 1.38. The molecule has 1 aromatic rings. The molecule has 5 heteroatoms. The Morgan fingerprint density at radius 2 is 2.17 bits per heavy atom. The summed E-state index contributed by atoms with van der Waals surface area (Å²) in [5.74, 6) is 0.785. The van der Waals surface area contributed by atoms with Crippen molar-refractivity contribution < 1.29 is 13.9 Å². The predicted octanol–water partition coefficient (Wildman–Crippen LogP) is 3.41. The standard InChI is InChI=1S/C18H23FN2O2/c1-12(2)9-17-20-16(7-8-21(17)11-18(22)23-4)14-5-6-15(19)13(3)10-14/h5-7,10,12H,8-9,11H2,1-4H3. The molecular weight excluding hydrogens is 295 g/mol. The van der Waals surface area contributed by atoms with Gasteiger partial charge in [-0.05, 0) is 42.7 Å². The lowest BCUT2D eigenvalue weighted by atomic mass is 10.0. The second kappa shape index (κ2) is 7.40. The minimum Gasteiger partial charge on any atom is -0.468 e. The van der Waals surface area contributed by atoms with Crippen LogP contribution in [0.15, 0.2) is 29.3 Å². The minimum atomic E-state index is -0.282. The quantitative estimate of drug-likeness (QED) is 0.781. The molecule has 0 unspecified atom stereocenters. The van der Waals surface area contributed by atoms with Crippen molar-refractivity contribution in [3.63, 3.8) is 0 Å². The van der Waals surface area contributed by atoms with Crippen LogP contribution >= 0.6 is 0 Å². The molecule has 1 aromatic carbocycles. The fourth-order valence-corrected chi connectivity index (χ4v) is 2.46. The second-order valence-corrected chi connectivity index (χ2v) is 6.14. The largest absolute Gasteiger partial charge is 0.468 e. The number of amidine groups is 1. The monoisotopic (exact) mass is 318 g/mol. The van der Waals surface area contributed by atoms with Gasteiger partial charge in [-0.15, -0.1) is 0 Å². The summed E-state index contributed by atoms with van der Waals surface area (Å²) in [5.41, 5.74) is 2.31. The van der Waals surface area contributed by atoms with E-state index in [-0.39, 0.29) is 18.3 Å². The summed E-state index contributed by atoms with van der Waals surface area (Å²) in [6.07, 6.45) is 2.73. The molecule has 0 saturated carbocycles. The zero-order valence-electron chi connectivity index (χ0n) is 14.1. The zero-order valence-corrected chi connectivity index (χ0v) is 14.1. The van der Waals surface area contributed by atoms with Crippen LogP contribution < -0.4 is 0 Å². The number of esters is 1.